The molecule has 0 aromatic heterocycles. The highest BCUT2D eigenvalue weighted by Crippen LogP contribution is 2.31. The molecule has 1 N–H and O–H groups in total. The maximum Gasteiger partial charge on any atom is 0.112 e. The summed E-state index contributed by atoms with van der Waals surface area (Å²) in [6.45, 7) is 8.02. The lowest BCUT2D eigenvalue weighted by molar-refractivity contribution is 0.101. The van der Waals surface area contributed by atoms with Crippen molar-refractivity contribution in [1.29, 1.82) is 0 Å². The molecule has 0 saturated carbocycles. The zero-order valence-corrected chi connectivity index (χ0v) is 11.5. The fourth-order valence-electron chi connectivity index (χ4n) is 2.39. The highest BCUT2D eigenvalue weighted by Gasteiger charge is 2.26. The second-order valence-electron chi connectivity index (χ2n) is 5.26. The van der Waals surface area contributed by atoms with Crippen LogP contribution in [0.2, 0.25) is 0 Å². The van der Waals surface area contributed by atoms with Gasteiger partial charge in [-0.15, -0.1) is 0 Å². The lowest BCUT2D eigenvalue weighted by atomic mass is 9.85. The first-order chi connectivity index (χ1) is 8.41. The third kappa shape index (κ3) is 2.32. The molecule has 18 heavy (non-hydrogen) atoms. The number of hydrogen-bond acceptors (Lipinski definition) is 1. The quantitative estimate of drug-likeness (QED) is 0.845. The largest absolute Gasteiger partial charge is 0.381 e. The van der Waals surface area contributed by atoms with Crippen molar-refractivity contribution >= 4 is 0 Å². The van der Waals surface area contributed by atoms with Gasteiger partial charge in [0, 0.05) is 0 Å². The lowest BCUT2D eigenvalue weighted by Gasteiger charge is -2.26. The summed E-state index contributed by atoms with van der Waals surface area (Å²) >= 11 is 0. The maximum absolute atomic E-state index is 10.8. The molecule has 0 spiro atoms. The van der Waals surface area contributed by atoms with E-state index in [1.807, 2.05) is 50.2 Å². The maximum atomic E-state index is 10.8. The molecule has 1 nitrogen and oxygen atoms in total. The summed E-state index contributed by atoms with van der Waals surface area (Å²) in [6.07, 6.45) is 0. The van der Waals surface area contributed by atoms with E-state index < -0.39 is 5.60 Å². The van der Waals surface area contributed by atoms with E-state index in [4.69, 9.17) is 0 Å². The van der Waals surface area contributed by atoms with E-state index in [-0.39, 0.29) is 0 Å². The van der Waals surface area contributed by atoms with E-state index in [1.54, 1.807) is 0 Å². The molecule has 1 unspecified atom stereocenters. The van der Waals surface area contributed by atoms with Gasteiger partial charge in [-0.1, -0.05) is 53.6 Å². The summed E-state index contributed by atoms with van der Waals surface area (Å²) in [7, 11) is 0. The molecule has 0 fully saturated rings. The summed E-state index contributed by atoms with van der Waals surface area (Å²) in [6, 6.07) is 14.2. The van der Waals surface area contributed by atoms with Crippen LogP contribution < -0.4 is 0 Å². The topological polar surface area (TPSA) is 20.2 Å². The molecule has 2 aromatic carbocycles. The van der Waals surface area contributed by atoms with Crippen molar-refractivity contribution in [3.63, 3.8) is 0 Å². The molecule has 0 aliphatic rings. The average Bonchev–Trinajstić information content (AvgIpc) is 2.29. The molecule has 2 rings (SSSR count). The van der Waals surface area contributed by atoms with Crippen LogP contribution in [0.25, 0.3) is 0 Å². The van der Waals surface area contributed by atoms with Crippen LogP contribution >= 0.6 is 0 Å². The van der Waals surface area contributed by atoms with E-state index in [0.717, 1.165) is 16.7 Å². The number of hydrogen-bond donors (Lipinski definition) is 1. The molecule has 0 heterocycles. The summed E-state index contributed by atoms with van der Waals surface area (Å²) < 4.78 is 0. The molecule has 0 radical (unpaired) electrons. The van der Waals surface area contributed by atoms with Gasteiger partial charge in [-0.25, -0.2) is 0 Å². The Morgan fingerprint density at radius 3 is 1.94 bits per heavy atom. The van der Waals surface area contributed by atoms with Crippen LogP contribution in [-0.4, -0.2) is 5.11 Å². The van der Waals surface area contributed by atoms with E-state index in [0.29, 0.717) is 0 Å². The molecule has 0 amide bonds. The fourth-order valence-corrected chi connectivity index (χ4v) is 2.39. The van der Waals surface area contributed by atoms with Crippen molar-refractivity contribution in [3.8, 4) is 0 Å². The standard InChI is InChI=1S/C17H20O/c1-12-5-8-15(9-6-12)17(4,18)16-10-7-13(2)11-14(16)3/h5-11,18H,1-4H3. The van der Waals surface area contributed by atoms with Gasteiger partial charge in [-0.05, 0) is 44.4 Å². The molecule has 1 heteroatoms. The van der Waals surface area contributed by atoms with E-state index in [1.165, 1.54) is 11.1 Å². The van der Waals surface area contributed by atoms with E-state index in [9.17, 15) is 5.11 Å². The third-order valence-electron chi connectivity index (χ3n) is 3.52. The number of rotatable bonds is 2. The highest BCUT2D eigenvalue weighted by atomic mass is 16.3. The van der Waals surface area contributed by atoms with Crippen molar-refractivity contribution < 1.29 is 5.11 Å². The minimum Gasteiger partial charge on any atom is -0.381 e. The van der Waals surface area contributed by atoms with Crippen molar-refractivity contribution in [1.82, 2.24) is 0 Å². The van der Waals surface area contributed by atoms with Gasteiger partial charge >= 0.3 is 0 Å². The Morgan fingerprint density at radius 2 is 1.39 bits per heavy atom. The molecule has 2 aromatic rings. The molecule has 0 aliphatic carbocycles. The van der Waals surface area contributed by atoms with Gasteiger partial charge in [0.1, 0.15) is 5.60 Å². The van der Waals surface area contributed by atoms with Gasteiger partial charge in [0.15, 0.2) is 0 Å². The smallest absolute Gasteiger partial charge is 0.112 e. The summed E-state index contributed by atoms with van der Waals surface area (Å²) in [4.78, 5) is 0. The molecular formula is C17H20O. The lowest BCUT2D eigenvalue weighted by Crippen LogP contribution is -2.24. The molecule has 1 atom stereocenters. The Balaban J connectivity index is 2.50. The first-order valence-electron chi connectivity index (χ1n) is 6.28. The predicted molar refractivity (Wildman–Crippen MR) is 75.8 cm³/mol. The minimum absolute atomic E-state index is 0.931. The monoisotopic (exact) mass is 240 g/mol. The average molecular weight is 240 g/mol. The Bertz CT molecular complexity index is 550. The van der Waals surface area contributed by atoms with E-state index in [2.05, 4.69) is 19.9 Å². The fraction of sp³-hybridized carbons (Fsp3) is 0.294. The second-order valence-corrected chi connectivity index (χ2v) is 5.26. The Kier molecular flexibility index (Phi) is 3.27. The van der Waals surface area contributed by atoms with Gasteiger partial charge in [-0.3, -0.25) is 0 Å². The highest BCUT2D eigenvalue weighted by molar-refractivity contribution is 5.41. The van der Waals surface area contributed by atoms with Crippen LogP contribution in [0.5, 0.6) is 0 Å². The third-order valence-corrected chi connectivity index (χ3v) is 3.52. The normalized spacial score (nSPS) is 14.3. The SMILES string of the molecule is Cc1ccc(C(C)(O)c2ccc(C)cc2C)cc1. The minimum atomic E-state index is -0.939. The van der Waals surface area contributed by atoms with Gasteiger partial charge in [-0.2, -0.15) is 0 Å². The van der Waals surface area contributed by atoms with Crippen LogP contribution in [0.4, 0.5) is 0 Å². The van der Waals surface area contributed by atoms with Gasteiger partial charge in [0.25, 0.3) is 0 Å². The predicted octanol–water partition coefficient (Wildman–Crippen LogP) is 3.87. The zero-order chi connectivity index (χ0) is 13.3. The van der Waals surface area contributed by atoms with Crippen molar-refractivity contribution in [2.24, 2.45) is 0 Å². The van der Waals surface area contributed by atoms with Crippen molar-refractivity contribution in [2.75, 3.05) is 0 Å². The Morgan fingerprint density at radius 1 is 0.833 bits per heavy atom. The van der Waals surface area contributed by atoms with Crippen LogP contribution in [0, 0.1) is 20.8 Å². The van der Waals surface area contributed by atoms with Crippen molar-refractivity contribution in [3.05, 3.63) is 70.3 Å². The van der Waals surface area contributed by atoms with Gasteiger partial charge in [0.2, 0.25) is 0 Å². The van der Waals surface area contributed by atoms with Gasteiger partial charge < -0.3 is 5.11 Å². The molecule has 0 saturated heterocycles. The first kappa shape index (κ1) is 12.8. The van der Waals surface area contributed by atoms with Crippen molar-refractivity contribution in [2.45, 2.75) is 33.3 Å². The summed E-state index contributed by atoms with van der Waals surface area (Å²) in [5, 5.41) is 10.8. The van der Waals surface area contributed by atoms with Crippen LogP contribution in [0.1, 0.15) is 34.7 Å². The summed E-state index contributed by atoms with van der Waals surface area (Å²) in [5.74, 6) is 0. The van der Waals surface area contributed by atoms with E-state index >= 15 is 0 Å². The van der Waals surface area contributed by atoms with Crippen LogP contribution in [-0.2, 0) is 5.60 Å². The molecule has 0 bridgehead atoms. The number of benzene rings is 2. The molecular weight excluding hydrogens is 220 g/mol. The summed E-state index contributed by atoms with van der Waals surface area (Å²) in [5.41, 5.74) is 4.51. The molecule has 94 valence electrons. The first-order valence-corrected chi connectivity index (χ1v) is 6.28. The van der Waals surface area contributed by atoms with Crippen LogP contribution in [0.3, 0.4) is 0 Å². The second kappa shape index (κ2) is 4.58. The van der Waals surface area contributed by atoms with Crippen LogP contribution in [0.15, 0.2) is 42.5 Å². The number of aryl methyl sites for hydroxylation is 3. The number of aliphatic hydroxyl groups is 1. The Labute approximate surface area is 109 Å². The zero-order valence-electron chi connectivity index (χ0n) is 11.5. The van der Waals surface area contributed by atoms with Gasteiger partial charge in [0.05, 0.1) is 0 Å². The Hall–Kier alpha value is -1.60. The molecule has 0 aliphatic heterocycles.